The molecule has 0 saturated carbocycles. The van der Waals surface area contributed by atoms with Gasteiger partial charge in [0, 0.05) is 24.7 Å². The van der Waals surface area contributed by atoms with Crippen LogP contribution in [0.15, 0.2) is 18.2 Å². The van der Waals surface area contributed by atoms with Gasteiger partial charge in [-0.2, -0.15) is 11.8 Å². The monoisotopic (exact) mass is 297 g/mol. The Labute approximate surface area is 122 Å². The molecule has 0 bridgehead atoms. The minimum Gasteiger partial charge on any atom is -0.377 e. The molecule has 6 nitrogen and oxygen atoms in total. The van der Waals surface area contributed by atoms with E-state index < -0.39 is 4.92 Å². The normalized spacial score (nSPS) is 11.8. The number of thioether (sulfide) groups is 1. The number of carbonyl (C=O) groups is 1. The number of carbonyl (C=O) groups excluding carboxylic acids is 1. The van der Waals surface area contributed by atoms with Gasteiger partial charge in [0.2, 0.25) is 0 Å². The zero-order chi connectivity index (χ0) is 15.1. The van der Waals surface area contributed by atoms with E-state index in [1.165, 1.54) is 13.1 Å². The summed E-state index contributed by atoms with van der Waals surface area (Å²) in [6, 6.07) is 4.59. The van der Waals surface area contributed by atoms with Crippen LogP contribution in [-0.4, -0.2) is 35.9 Å². The third kappa shape index (κ3) is 4.41. The molecule has 0 aliphatic heterocycles. The van der Waals surface area contributed by atoms with Crippen molar-refractivity contribution in [2.75, 3.05) is 24.4 Å². The average Bonchev–Trinajstić information content (AvgIpc) is 2.44. The van der Waals surface area contributed by atoms with Gasteiger partial charge in [0.1, 0.15) is 5.69 Å². The third-order valence-electron chi connectivity index (χ3n) is 2.84. The molecule has 1 aromatic rings. The summed E-state index contributed by atoms with van der Waals surface area (Å²) in [7, 11) is 1.49. The first-order valence-corrected chi connectivity index (χ1v) is 7.65. The maximum absolute atomic E-state index is 11.5. The summed E-state index contributed by atoms with van der Waals surface area (Å²) >= 11 is 1.73. The molecule has 110 valence electrons. The molecule has 0 spiro atoms. The van der Waals surface area contributed by atoms with Gasteiger partial charge in [-0.1, -0.05) is 0 Å². The molecule has 0 aliphatic carbocycles. The van der Waals surface area contributed by atoms with Gasteiger partial charge >= 0.3 is 0 Å². The van der Waals surface area contributed by atoms with Crippen LogP contribution in [0.25, 0.3) is 0 Å². The van der Waals surface area contributed by atoms with Crippen molar-refractivity contribution in [3.63, 3.8) is 0 Å². The summed E-state index contributed by atoms with van der Waals surface area (Å²) in [5.74, 6) is 0.647. The van der Waals surface area contributed by atoms with Gasteiger partial charge in [-0.15, -0.1) is 0 Å². The fourth-order valence-corrected chi connectivity index (χ4v) is 2.31. The quantitative estimate of drug-likeness (QED) is 0.596. The van der Waals surface area contributed by atoms with E-state index in [1.54, 1.807) is 23.9 Å². The Bertz CT molecular complexity index is 494. The number of hydrogen-bond donors (Lipinski definition) is 2. The number of nitro groups is 1. The number of nitrogens with zero attached hydrogens (tertiary/aromatic N) is 1. The molecule has 1 aromatic carbocycles. The number of benzene rings is 1. The van der Waals surface area contributed by atoms with Crippen molar-refractivity contribution in [3.05, 3.63) is 33.9 Å². The number of amides is 1. The summed E-state index contributed by atoms with van der Waals surface area (Å²) in [5.41, 5.74) is 0.639. The number of nitrogens with one attached hydrogen (secondary N) is 2. The fraction of sp³-hybridized carbons (Fsp3) is 0.462. The minimum atomic E-state index is -0.476. The second kappa shape index (κ2) is 7.74. The van der Waals surface area contributed by atoms with E-state index in [4.69, 9.17) is 0 Å². The Hall–Kier alpha value is -1.76. The average molecular weight is 297 g/mol. The second-order valence-corrected chi connectivity index (χ2v) is 5.38. The number of nitro benzene ring substituents is 1. The van der Waals surface area contributed by atoms with Crippen LogP contribution in [-0.2, 0) is 0 Å². The summed E-state index contributed by atoms with van der Waals surface area (Å²) in [6.45, 7) is 1.98. The first-order valence-electron chi connectivity index (χ1n) is 6.25. The highest BCUT2D eigenvalue weighted by molar-refractivity contribution is 7.98. The molecule has 7 heteroatoms. The van der Waals surface area contributed by atoms with Crippen molar-refractivity contribution in [3.8, 4) is 0 Å². The third-order valence-corrected chi connectivity index (χ3v) is 3.48. The highest BCUT2D eigenvalue weighted by atomic mass is 32.2. The Balaban J connectivity index is 2.96. The van der Waals surface area contributed by atoms with Crippen LogP contribution >= 0.6 is 11.8 Å². The van der Waals surface area contributed by atoms with Gasteiger partial charge < -0.3 is 10.6 Å². The van der Waals surface area contributed by atoms with Gasteiger partial charge in [-0.05, 0) is 37.5 Å². The molecule has 0 heterocycles. The van der Waals surface area contributed by atoms with E-state index >= 15 is 0 Å². The second-order valence-electron chi connectivity index (χ2n) is 4.40. The van der Waals surface area contributed by atoms with E-state index in [9.17, 15) is 14.9 Å². The van der Waals surface area contributed by atoms with Crippen molar-refractivity contribution in [2.24, 2.45) is 0 Å². The van der Waals surface area contributed by atoms with Crippen molar-refractivity contribution in [1.29, 1.82) is 0 Å². The van der Waals surface area contributed by atoms with Crippen molar-refractivity contribution >= 4 is 29.0 Å². The first kappa shape index (κ1) is 16.3. The Morgan fingerprint density at radius 3 is 2.75 bits per heavy atom. The molecule has 0 aromatic heterocycles. The molecule has 0 radical (unpaired) electrons. The molecule has 1 amide bonds. The van der Waals surface area contributed by atoms with Crippen LogP contribution in [0, 0.1) is 10.1 Å². The maximum atomic E-state index is 11.5. The molecule has 1 atom stereocenters. The predicted molar refractivity (Wildman–Crippen MR) is 82.6 cm³/mol. The molecule has 0 saturated heterocycles. The predicted octanol–water partition coefficient (Wildman–Crippen LogP) is 2.51. The molecule has 0 aliphatic rings. The molecule has 2 N–H and O–H groups in total. The zero-order valence-corrected chi connectivity index (χ0v) is 12.6. The van der Waals surface area contributed by atoms with Crippen molar-refractivity contribution < 1.29 is 9.72 Å². The van der Waals surface area contributed by atoms with E-state index in [0.717, 1.165) is 12.2 Å². The van der Waals surface area contributed by atoms with Crippen LogP contribution in [0.1, 0.15) is 23.7 Å². The SMILES string of the molecule is CNC(=O)c1ccc(NC(C)CCSC)c([N+](=O)[O-])c1. The van der Waals surface area contributed by atoms with E-state index in [1.807, 2.05) is 13.2 Å². The van der Waals surface area contributed by atoms with E-state index in [-0.39, 0.29) is 23.2 Å². The summed E-state index contributed by atoms with van der Waals surface area (Å²) in [4.78, 5) is 22.1. The standard InChI is InChI=1S/C13H19N3O3S/c1-9(6-7-20-3)15-11-5-4-10(13(17)14-2)8-12(11)16(18)19/h4-5,8-9,15H,6-7H2,1-3H3,(H,14,17). The highest BCUT2D eigenvalue weighted by Crippen LogP contribution is 2.26. The van der Waals surface area contributed by atoms with E-state index in [2.05, 4.69) is 10.6 Å². The lowest BCUT2D eigenvalue weighted by molar-refractivity contribution is -0.384. The molecule has 1 unspecified atom stereocenters. The lowest BCUT2D eigenvalue weighted by Gasteiger charge is -2.15. The minimum absolute atomic E-state index is 0.0814. The van der Waals surface area contributed by atoms with Gasteiger partial charge in [-0.3, -0.25) is 14.9 Å². The fourth-order valence-electron chi connectivity index (χ4n) is 1.72. The highest BCUT2D eigenvalue weighted by Gasteiger charge is 2.18. The Morgan fingerprint density at radius 1 is 1.50 bits per heavy atom. The summed E-state index contributed by atoms with van der Waals surface area (Å²) in [5, 5.41) is 16.7. The lowest BCUT2D eigenvalue weighted by Crippen LogP contribution is -2.19. The molecule has 1 rings (SSSR count). The number of anilines is 1. The van der Waals surface area contributed by atoms with Gasteiger partial charge in [0.25, 0.3) is 11.6 Å². The largest absolute Gasteiger partial charge is 0.377 e. The van der Waals surface area contributed by atoms with Crippen LogP contribution in [0.2, 0.25) is 0 Å². The first-order chi connectivity index (χ1) is 9.49. The van der Waals surface area contributed by atoms with Gasteiger partial charge in [-0.25, -0.2) is 0 Å². The summed E-state index contributed by atoms with van der Waals surface area (Å²) < 4.78 is 0. The molecular formula is C13H19N3O3S. The Kier molecular flexibility index (Phi) is 6.30. The topological polar surface area (TPSA) is 84.3 Å². The maximum Gasteiger partial charge on any atom is 0.293 e. The number of hydrogen-bond acceptors (Lipinski definition) is 5. The van der Waals surface area contributed by atoms with Crippen molar-refractivity contribution in [2.45, 2.75) is 19.4 Å². The number of rotatable bonds is 7. The van der Waals surface area contributed by atoms with Gasteiger partial charge in [0.05, 0.1) is 4.92 Å². The zero-order valence-electron chi connectivity index (χ0n) is 11.8. The molecular weight excluding hydrogens is 278 g/mol. The van der Waals surface area contributed by atoms with Gasteiger partial charge in [0.15, 0.2) is 0 Å². The van der Waals surface area contributed by atoms with Crippen LogP contribution in [0.5, 0.6) is 0 Å². The van der Waals surface area contributed by atoms with Crippen LogP contribution < -0.4 is 10.6 Å². The van der Waals surface area contributed by atoms with Crippen LogP contribution in [0.4, 0.5) is 11.4 Å². The smallest absolute Gasteiger partial charge is 0.293 e. The van der Waals surface area contributed by atoms with Crippen molar-refractivity contribution in [1.82, 2.24) is 5.32 Å². The van der Waals surface area contributed by atoms with E-state index in [0.29, 0.717) is 5.69 Å². The molecule has 0 fully saturated rings. The Morgan fingerprint density at radius 2 is 2.20 bits per heavy atom. The summed E-state index contributed by atoms with van der Waals surface area (Å²) in [6.07, 6.45) is 2.93. The lowest BCUT2D eigenvalue weighted by atomic mass is 10.1. The van der Waals surface area contributed by atoms with Crippen LogP contribution in [0.3, 0.4) is 0 Å². The molecule has 20 heavy (non-hydrogen) atoms.